The van der Waals surface area contributed by atoms with Gasteiger partial charge in [-0.25, -0.2) is 33.2 Å². The molecule has 1 aliphatic rings. The number of hydrogen-bond acceptors (Lipinski definition) is 5. The molecule has 1 aromatic carbocycles. The fourth-order valence-corrected chi connectivity index (χ4v) is 5.26. The minimum Gasteiger partial charge on any atom is -0.360 e. The van der Waals surface area contributed by atoms with Gasteiger partial charge in [-0.3, -0.25) is 9.55 Å². The summed E-state index contributed by atoms with van der Waals surface area (Å²) in [6.07, 6.45) is 9.71. The highest BCUT2D eigenvalue weighted by atomic mass is 32.3. The minimum atomic E-state index is -2.83. The number of pyridine rings is 2. The van der Waals surface area contributed by atoms with E-state index in [1.165, 1.54) is 6.07 Å². The number of nitrogens with zero attached hydrogens (tertiary/aromatic N) is 5. The zero-order chi connectivity index (χ0) is 27.1. The van der Waals surface area contributed by atoms with E-state index in [1.54, 1.807) is 41.6 Å². The van der Waals surface area contributed by atoms with Crippen LogP contribution in [0.25, 0.3) is 33.5 Å². The number of ether oxygens (including phenoxy) is 1. The summed E-state index contributed by atoms with van der Waals surface area (Å²) in [5.41, 5.74) is 3.61. The fourth-order valence-electron chi connectivity index (χ4n) is 4.64. The molecule has 0 radical (unpaired) electrons. The van der Waals surface area contributed by atoms with Crippen LogP contribution in [-0.2, 0) is 11.5 Å². The average molecular weight is 544 g/mol. The summed E-state index contributed by atoms with van der Waals surface area (Å²) in [5.74, 6) is -1.47. The van der Waals surface area contributed by atoms with Crippen LogP contribution in [0.5, 0.6) is 0 Å². The number of alkyl halides is 2. The van der Waals surface area contributed by atoms with E-state index >= 15 is 4.39 Å². The lowest BCUT2D eigenvalue weighted by atomic mass is 9.99. The second-order valence-corrected chi connectivity index (χ2v) is 15.2. The molecule has 4 aromatic rings. The summed E-state index contributed by atoms with van der Waals surface area (Å²) in [5, 5.41) is 0. The van der Waals surface area contributed by atoms with E-state index in [0.29, 0.717) is 40.5 Å². The number of rotatable bonds is 8. The molecule has 5 rings (SSSR count). The number of fused-ring (bicyclic) bond motifs is 1. The van der Waals surface area contributed by atoms with Gasteiger partial charge in [0.25, 0.3) is 5.92 Å². The van der Waals surface area contributed by atoms with Crippen LogP contribution < -0.4 is 4.90 Å². The molecular formula is C28H32F3N5OS. The predicted octanol–water partition coefficient (Wildman–Crippen LogP) is 6.12. The summed E-state index contributed by atoms with van der Waals surface area (Å²) < 4.78 is 51.7. The van der Waals surface area contributed by atoms with Gasteiger partial charge < -0.3 is 9.64 Å². The average Bonchev–Trinajstić information content (AvgIpc) is 3.40. The SMILES string of the molecule is Cc1cc2nc(-c3c(-c4ccccc4F)ccnc3N3CCC(F)(F)C3)n(COCCS(C)(C)C)c2cn1. The maximum Gasteiger partial charge on any atom is 0.266 e. The third-order valence-electron chi connectivity index (χ3n) is 6.62. The van der Waals surface area contributed by atoms with Crippen molar-refractivity contribution in [3.63, 3.8) is 0 Å². The molecule has 0 N–H and O–H groups in total. The van der Waals surface area contributed by atoms with Crippen LogP contribution in [0.2, 0.25) is 0 Å². The van der Waals surface area contributed by atoms with Crippen molar-refractivity contribution >= 4 is 26.9 Å². The molecule has 4 heterocycles. The Labute approximate surface area is 222 Å². The van der Waals surface area contributed by atoms with Crippen LogP contribution in [0, 0.1) is 12.7 Å². The Hall–Kier alpha value is -3.11. The second kappa shape index (κ2) is 10.2. The van der Waals surface area contributed by atoms with Gasteiger partial charge in [-0.05, 0) is 43.9 Å². The first-order valence-corrected chi connectivity index (χ1v) is 15.5. The largest absolute Gasteiger partial charge is 0.360 e. The quantitative estimate of drug-likeness (QED) is 0.251. The normalized spacial score (nSPS) is 15.9. The lowest BCUT2D eigenvalue weighted by Crippen LogP contribution is -2.26. The smallest absolute Gasteiger partial charge is 0.266 e. The number of hydrogen-bond donors (Lipinski definition) is 0. The van der Waals surface area contributed by atoms with Gasteiger partial charge in [0.2, 0.25) is 0 Å². The molecule has 38 heavy (non-hydrogen) atoms. The van der Waals surface area contributed by atoms with Crippen molar-refractivity contribution in [1.29, 1.82) is 0 Å². The Morgan fingerprint density at radius 3 is 2.58 bits per heavy atom. The number of benzene rings is 1. The monoisotopic (exact) mass is 543 g/mol. The number of aromatic nitrogens is 4. The number of anilines is 1. The van der Waals surface area contributed by atoms with Crippen molar-refractivity contribution in [2.75, 3.05) is 49.1 Å². The van der Waals surface area contributed by atoms with Crippen molar-refractivity contribution in [2.24, 2.45) is 0 Å². The van der Waals surface area contributed by atoms with Gasteiger partial charge >= 0.3 is 0 Å². The van der Waals surface area contributed by atoms with Crippen molar-refractivity contribution < 1.29 is 17.9 Å². The fraction of sp³-hybridized carbons (Fsp3) is 0.393. The Morgan fingerprint density at radius 1 is 1.08 bits per heavy atom. The molecule has 1 aliphatic heterocycles. The lowest BCUT2D eigenvalue weighted by Gasteiger charge is -2.25. The highest BCUT2D eigenvalue weighted by Gasteiger charge is 2.40. The van der Waals surface area contributed by atoms with Crippen molar-refractivity contribution in [3.8, 4) is 22.5 Å². The van der Waals surface area contributed by atoms with Crippen LogP contribution in [-0.4, -0.2) is 69.7 Å². The van der Waals surface area contributed by atoms with E-state index in [1.807, 2.05) is 17.6 Å². The van der Waals surface area contributed by atoms with Gasteiger partial charge in [0.15, 0.2) is 0 Å². The molecule has 0 spiro atoms. The first-order valence-electron chi connectivity index (χ1n) is 12.5. The lowest BCUT2D eigenvalue weighted by molar-refractivity contribution is 0.0256. The number of halogens is 3. The first kappa shape index (κ1) is 26.5. The first-order chi connectivity index (χ1) is 18.0. The van der Waals surface area contributed by atoms with E-state index in [4.69, 9.17) is 9.72 Å². The van der Waals surface area contributed by atoms with Crippen molar-refractivity contribution in [2.45, 2.75) is 26.0 Å². The molecule has 0 atom stereocenters. The minimum absolute atomic E-state index is 0.138. The molecule has 0 unspecified atom stereocenters. The van der Waals surface area contributed by atoms with Gasteiger partial charge in [-0.15, -0.1) is 0 Å². The molecule has 0 amide bonds. The topological polar surface area (TPSA) is 56.1 Å². The highest BCUT2D eigenvalue weighted by Crippen LogP contribution is 2.42. The molecule has 1 saturated heterocycles. The van der Waals surface area contributed by atoms with Crippen LogP contribution in [0.15, 0.2) is 48.8 Å². The highest BCUT2D eigenvalue weighted by molar-refractivity contribution is 8.32. The van der Waals surface area contributed by atoms with E-state index in [0.717, 1.165) is 17.0 Å². The van der Waals surface area contributed by atoms with Gasteiger partial charge in [-0.1, -0.05) is 18.2 Å². The third kappa shape index (κ3) is 5.51. The van der Waals surface area contributed by atoms with Crippen molar-refractivity contribution in [3.05, 3.63) is 60.3 Å². The Kier molecular flexibility index (Phi) is 7.13. The van der Waals surface area contributed by atoms with Crippen LogP contribution in [0.1, 0.15) is 12.1 Å². The molecular weight excluding hydrogens is 511 g/mol. The summed E-state index contributed by atoms with van der Waals surface area (Å²) in [4.78, 5) is 15.5. The summed E-state index contributed by atoms with van der Waals surface area (Å²) >= 11 is 0. The summed E-state index contributed by atoms with van der Waals surface area (Å²) in [6, 6.07) is 10.0. The standard InChI is InChI=1S/C28H32F3N5OS/c1-19-15-23-24(16-33-19)36(18-37-13-14-38(2,3)4)27(34-23)25-21(20-7-5-6-8-22(20)29)9-11-32-26(25)35-12-10-28(30,31)17-35/h5-9,11,15-16H,10,12-14,17-18H2,1-4H3. The summed E-state index contributed by atoms with van der Waals surface area (Å²) in [6.45, 7) is 2.31. The second-order valence-electron chi connectivity index (χ2n) is 10.6. The number of aryl methyl sites for hydroxylation is 1. The van der Waals surface area contributed by atoms with E-state index in [-0.39, 0.29) is 19.7 Å². The van der Waals surface area contributed by atoms with Gasteiger partial charge in [-0.2, -0.15) is 0 Å². The maximum atomic E-state index is 15.1. The van der Waals surface area contributed by atoms with E-state index < -0.39 is 28.3 Å². The maximum absolute atomic E-state index is 15.1. The molecule has 0 saturated carbocycles. The molecule has 202 valence electrons. The van der Waals surface area contributed by atoms with Gasteiger partial charge in [0.05, 0.1) is 35.9 Å². The Morgan fingerprint density at radius 2 is 1.87 bits per heavy atom. The van der Waals surface area contributed by atoms with E-state index in [9.17, 15) is 8.78 Å². The van der Waals surface area contributed by atoms with E-state index in [2.05, 4.69) is 28.7 Å². The molecule has 0 bridgehead atoms. The molecule has 0 aliphatic carbocycles. The Balaban J connectivity index is 1.70. The van der Waals surface area contributed by atoms with Gasteiger partial charge in [0, 0.05) is 41.7 Å². The molecule has 3 aromatic heterocycles. The van der Waals surface area contributed by atoms with Crippen LogP contribution in [0.4, 0.5) is 19.0 Å². The number of imidazole rings is 1. The molecule has 6 nitrogen and oxygen atoms in total. The van der Waals surface area contributed by atoms with Crippen LogP contribution >= 0.6 is 10.0 Å². The zero-order valence-electron chi connectivity index (χ0n) is 22.0. The third-order valence-corrected chi connectivity index (χ3v) is 8.01. The van der Waals surface area contributed by atoms with Crippen LogP contribution in [0.3, 0.4) is 0 Å². The predicted molar refractivity (Wildman–Crippen MR) is 149 cm³/mol. The van der Waals surface area contributed by atoms with Gasteiger partial charge in [0.1, 0.15) is 24.2 Å². The molecule has 1 fully saturated rings. The Bertz CT molecular complexity index is 1470. The summed E-state index contributed by atoms with van der Waals surface area (Å²) in [7, 11) is -0.744. The van der Waals surface area contributed by atoms with Crippen molar-refractivity contribution in [1.82, 2.24) is 19.5 Å². The molecule has 10 heteroatoms. The zero-order valence-corrected chi connectivity index (χ0v) is 22.9.